The van der Waals surface area contributed by atoms with Gasteiger partial charge in [-0.1, -0.05) is 33.6 Å². The second-order valence-electron chi connectivity index (χ2n) is 5.12. The van der Waals surface area contributed by atoms with E-state index < -0.39 is 6.10 Å². The lowest BCUT2D eigenvalue weighted by Crippen LogP contribution is -2.44. The molecule has 1 aromatic rings. The average molecular weight is 348 g/mol. The zero-order chi connectivity index (χ0) is 13.8. The summed E-state index contributed by atoms with van der Waals surface area (Å²) < 4.78 is 0.938. The molecule has 1 saturated heterocycles. The number of hydrogen-bond acceptors (Lipinski definition) is 3. The third-order valence-electron chi connectivity index (χ3n) is 3.64. The summed E-state index contributed by atoms with van der Waals surface area (Å²) in [5.74, 6) is 0. The molecule has 5 heteroatoms. The highest BCUT2D eigenvalue weighted by molar-refractivity contribution is 9.10. The Morgan fingerprint density at radius 3 is 2.63 bits per heavy atom. The van der Waals surface area contributed by atoms with E-state index in [4.69, 9.17) is 11.6 Å². The molecule has 0 aliphatic carbocycles. The van der Waals surface area contributed by atoms with Crippen LogP contribution in [0.1, 0.15) is 18.1 Å². The zero-order valence-electron chi connectivity index (χ0n) is 11.1. The fraction of sp³-hybridized carbons (Fsp3) is 0.571. The molecule has 0 radical (unpaired) electrons. The molecule has 1 N–H and O–H groups in total. The van der Waals surface area contributed by atoms with Crippen molar-refractivity contribution in [1.29, 1.82) is 0 Å². The SMILES string of the molecule is CN1CCN(CCC(O)c2ccc(Br)cc2Cl)CC1. The monoisotopic (exact) mass is 346 g/mol. The highest BCUT2D eigenvalue weighted by Gasteiger charge is 2.17. The number of piperazine rings is 1. The van der Waals surface area contributed by atoms with E-state index in [2.05, 4.69) is 32.8 Å². The van der Waals surface area contributed by atoms with Gasteiger partial charge in [0.2, 0.25) is 0 Å². The minimum absolute atomic E-state index is 0.486. The van der Waals surface area contributed by atoms with Crippen LogP contribution in [0.15, 0.2) is 22.7 Å². The fourth-order valence-electron chi connectivity index (χ4n) is 2.30. The van der Waals surface area contributed by atoms with Gasteiger partial charge < -0.3 is 14.9 Å². The van der Waals surface area contributed by atoms with Crippen molar-refractivity contribution in [1.82, 2.24) is 9.80 Å². The Balaban J connectivity index is 1.85. The van der Waals surface area contributed by atoms with E-state index in [1.807, 2.05) is 18.2 Å². The van der Waals surface area contributed by atoms with Crippen LogP contribution in [0.2, 0.25) is 5.02 Å². The largest absolute Gasteiger partial charge is 0.388 e. The number of halogens is 2. The van der Waals surface area contributed by atoms with E-state index in [1.54, 1.807) is 0 Å². The van der Waals surface area contributed by atoms with Crippen molar-refractivity contribution in [2.45, 2.75) is 12.5 Å². The third kappa shape index (κ3) is 4.43. The van der Waals surface area contributed by atoms with Crippen LogP contribution >= 0.6 is 27.5 Å². The van der Waals surface area contributed by atoms with Gasteiger partial charge in [0.05, 0.1) is 6.10 Å². The first-order valence-electron chi connectivity index (χ1n) is 6.60. The smallest absolute Gasteiger partial charge is 0.0816 e. The molecule has 1 aliphatic rings. The lowest BCUT2D eigenvalue weighted by Gasteiger charge is -2.32. The number of aliphatic hydroxyl groups excluding tert-OH is 1. The van der Waals surface area contributed by atoms with Crippen LogP contribution in [0.4, 0.5) is 0 Å². The van der Waals surface area contributed by atoms with Gasteiger partial charge in [-0.25, -0.2) is 0 Å². The van der Waals surface area contributed by atoms with Crippen LogP contribution in [-0.2, 0) is 0 Å². The summed E-state index contributed by atoms with van der Waals surface area (Å²) >= 11 is 9.53. The molecular weight excluding hydrogens is 328 g/mol. The summed E-state index contributed by atoms with van der Waals surface area (Å²) in [6.07, 6.45) is 0.241. The molecule has 1 heterocycles. The highest BCUT2D eigenvalue weighted by atomic mass is 79.9. The molecule has 0 aromatic heterocycles. The first-order valence-corrected chi connectivity index (χ1v) is 7.77. The molecule has 1 atom stereocenters. The van der Waals surface area contributed by atoms with Gasteiger partial charge in [-0.3, -0.25) is 0 Å². The Morgan fingerprint density at radius 2 is 2.00 bits per heavy atom. The summed E-state index contributed by atoms with van der Waals surface area (Å²) in [5, 5.41) is 10.9. The van der Waals surface area contributed by atoms with Crippen molar-refractivity contribution in [3.05, 3.63) is 33.3 Å². The lowest BCUT2D eigenvalue weighted by molar-refractivity contribution is 0.113. The minimum Gasteiger partial charge on any atom is -0.388 e. The van der Waals surface area contributed by atoms with Crippen molar-refractivity contribution >= 4 is 27.5 Å². The Labute approximate surface area is 128 Å². The van der Waals surface area contributed by atoms with Gasteiger partial charge in [0, 0.05) is 42.2 Å². The maximum Gasteiger partial charge on any atom is 0.0816 e. The number of nitrogens with zero attached hydrogens (tertiary/aromatic N) is 2. The predicted molar refractivity (Wildman–Crippen MR) is 82.7 cm³/mol. The van der Waals surface area contributed by atoms with E-state index >= 15 is 0 Å². The van der Waals surface area contributed by atoms with E-state index in [0.29, 0.717) is 5.02 Å². The Morgan fingerprint density at radius 1 is 1.32 bits per heavy atom. The van der Waals surface area contributed by atoms with Crippen LogP contribution in [0.5, 0.6) is 0 Å². The molecule has 0 saturated carbocycles. The average Bonchev–Trinajstić information content (AvgIpc) is 2.37. The quantitative estimate of drug-likeness (QED) is 0.907. The molecule has 1 fully saturated rings. The molecule has 19 heavy (non-hydrogen) atoms. The molecule has 106 valence electrons. The highest BCUT2D eigenvalue weighted by Crippen LogP contribution is 2.28. The standard InChI is InChI=1S/C14H20BrClN2O/c1-17-6-8-18(9-7-17)5-4-14(19)12-3-2-11(15)10-13(12)16/h2-3,10,14,19H,4-9H2,1H3. The van der Waals surface area contributed by atoms with Crippen LogP contribution in [0, 0.1) is 0 Å². The van der Waals surface area contributed by atoms with Crippen LogP contribution in [-0.4, -0.2) is 54.7 Å². The van der Waals surface area contributed by atoms with Gasteiger partial charge in [0.15, 0.2) is 0 Å². The number of rotatable bonds is 4. The van der Waals surface area contributed by atoms with Gasteiger partial charge in [-0.05, 0) is 31.2 Å². The van der Waals surface area contributed by atoms with Crippen molar-refractivity contribution < 1.29 is 5.11 Å². The van der Waals surface area contributed by atoms with E-state index in [0.717, 1.165) is 49.2 Å². The van der Waals surface area contributed by atoms with Gasteiger partial charge >= 0.3 is 0 Å². The van der Waals surface area contributed by atoms with E-state index in [1.165, 1.54) is 0 Å². The minimum atomic E-state index is -0.486. The Kier molecular flexibility index (Phi) is 5.66. The maximum absolute atomic E-state index is 10.2. The fourth-order valence-corrected chi connectivity index (χ4v) is 3.10. The molecule has 0 bridgehead atoms. The third-order valence-corrected chi connectivity index (χ3v) is 4.46. The number of likely N-dealkylation sites (N-methyl/N-ethyl adjacent to an activating group) is 1. The second-order valence-corrected chi connectivity index (χ2v) is 6.44. The molecule has 3 nitrogen and oxygen atoms in total. The van der Waals surface area contributed by atoms with Crippen molar-refractivity contribution in [3.63, 3.8) is 0 Å². The number of aliphatic hydroxyl groups is 1. The molecule has 1 aromatic carbocycles. The Hall–Kier alpha value is -0.130. The first kappa shape index (κ1) is 15.3. The van der Waals surface area contributed by atoms with Crippen molar-refractivity contribution in [2.75, 3.05) is 39.8 Å². The van der Waals surface area contributed by atoms with Gasteiger partial charge in [-0.15, -0.1) is 0 Å². The second kappa shape index (κ2) is 7.04. The first-order chi connectivity index (χ1) is 9.06. The Bertz CT molecular complexity index is 422. The molecule has 2 rings (SSSR count). The zero-order valence-corrected chi connectivity index (χ0v) is 13.5. The van der Waals surface area contributed by atoms with Crippen LogP contribution in [0.25, 0.3) is 0 Å². The lowest BCUT2D eigenvalue weighted by atomic mass is 10.1. The van der Waals surface area contributed by atoms with Gasteiger partial charge in [0.1, 0.15) is 0 Å². The summed E-state index contributed by atoms with van der Waals surface area (Å²) in [5.41, 5.74) is 0.819. The van der Waals surface area contributed by atoms with Crippen LogP contribution in [0.3, 0.4) is 0 Å². The molecule has 1 unspecified atom stereocenters. The molecular formula is C14H20BrClN2O. The maximum atomic E-state index is 10.2. The number of hydrogen-bond donors (Lipinski definition) is 1. The normalized spacial score (nSPS) is 19.6. The van der Waals surface area contributed by atoms with E-state index in [9.17, 15) is 5.11 Å². The van der Waals surface area contributed by atoms with E-state index in [-0.39, 0.29) is 0 Å². The molecule has 1 aliphatic heterocycles. The van der Waals surface area contributed by atoms with Crippen molar-refractivity contribution in [3.8, 4) is 0 Å². The number of benzene rings is 1. The summed E-state index contributed by atoms with van der Waals surface area (Å²) in [4.78, 5) is 4.73. The predicted octanol–water partition coefficient (Wildman–Crippen LogP) is 2.77. The summed E-state index contributed by atoms with van der Waals surface area (Å²) in [6, 6.07) is 5.64. The molecule has 0 amide bonds. The molecule has 0 spiro atoms. The topological polar surface area (TPSA) is 26.7 Å². The van der Waals surface area contributed by atoms with Gasteiger partial charge in [-0.2, -0.15) is 0 Å². The van der Waals surface area contributed by atoms with Gasteiger partial charge in [0.25, 0.3) is 0 Å². The summed E-state index contributed by atoms with van der Waals surface area (Å²) in [7, 11) is 2.15. The summed E-state index contributed by atoms with van der Waals surface area (Å²) in [6.45, 7) is 5.29. The van der Waals surface area contributed by atoms with Crippen LogP contribution < -0.4 is 0 Å². The van der Waals surface area contributed by atoms with Crippen molar-refractivity contribution in [2.24, 2.45) is 0 Å².